The van der Waals surface area contributed by atoms with Crippen molar-refractivity contribution in [1.29, 1.82) is 0 Å². The van der Waals surface area contributed by atoms with Crippen LogP contribution >= 0.6 is 0 Å². The first-order valence-corrected chi connectivity index (χ1v) is 4.98. The van der Waals surface area contributed by atoms with Gasteiger partial charge in [0, 0.05) is 17.7 Å². The maximum Gasteiger partial charge on any atom is 0.387 e. The largest absolute Gasteiger partial charge is 0.478 e. The van der Waals surface area contributed by atoms with Gasteiger partial charge in [-0.2, -0.15) is 8.78 Å². The Morgan fingerprint density at radius 1 is 1.40 bits per heavy atom. The number of carboxylic acids is 1. The minimum absolute atomic E-state index is 0.101. The van der Waals surface area contributed by atoms with E-state index < -0.39 is 28.9 Å². The van der Waals surface area contributed by atoms with Crippen molar-refractivity contribution >= 4 is 24.0 Å². The van der Waals surface area contributed by atoms with Crippen molar-refractivity contribution in [3.05, 3.63) is 39.4 Å². The van der Waals surface area contributed by atoms with Crippen LogP contribution in [0.25, 0.3) is 6.08 Å². The Morgan fingerprint density at radius 2 is 2.05 bits per heavy atom. The molecule has 1 aromatic rings. The summed E-state index contributed by atoms with van der Waals surface area (Å²) >= 11 is 0. The number of ether oxygens (including phenoxy) is 1. The highest BCUT2D eigenvalue weighted by Gasteiger charge is 2.21. The summed E-state index contributed by atoms with van der Waals surface area (Å²) in [5.41, 5.74) is -1.12. The molecule has 0 amide bonds. The lowest BCUT2D eigenvalue weighted by atomic mass is 10.1. The number of hydrogen-bond donors (Lipinski definition) is 1. The molecule has 0 saturated heterocycles. The first-order chi connectivity index (χ1) is 9.35. The Kier molecular flexibility index (Phi) is 4.84. The van der Waals surface area contributed by atoms with Crippen LogP contribution in [0, 0.1) is 10.1 Å². The SMILES string of the molecule is O=Cc1cc(OC(F)F)c([N+](=O)[O-])cc1/C=C/C(=O)O. The molecule has 0 aromatic heterocycles. The van der Waals surface area contributed by atoms with Crippen LogP contribution in [0.5, 0.6) is 5.75 Å². The zero-order valence-corrected chi connectivity index (χ0v) is 9.66. The average molecular weight is 287 g/mol. The third kappa shape index (κ3) is 3.83. The quantitative estimate of drug-likeness (QED) is 0.371. The average Bonchev–Trinajstić information content (AvgIpc) is 2.35. The topological polar surface area (TPSA) is 107 Å². The number of carbonyl (C=O) groups is 2. The van der Waals surface area contributed by atoms with E-state index in [1.54, 1.807) is 0 Å². The third-order valence-electron chi connectivity index (χ3n) is 2.11. The number of benzene rings is 1. The number of carbonyl (C=O) groups excluding carboxylic acids is 1. The molecular weight excluding hydrogens is 280 g/mol. The van der Waals surface area contributed by atoms with E-state index in [2.05, 4.69) is 4.74 Å². The first kappa shape index (κ1) is 15.2. The van der Waals surface area contributed by atoms with Gasteiger partial charge in [0.05, 0.1) is 4.92 Å². The van der Waals surface area contributed by atoms with E-state index in [4.69, 9.17) is 5.11 Å². The smallest absolute Gasteiger partial charge is 0.387 e. The molecule has 0 aliphatic rings. The second kappa shape index (κ2) is 6.36. The molecule has 0 atom stereocenters. The fourth-order valence-corrected chi connectivity index (χ4v) is 1.34. The van der Waals surface area contributed by atoms with Gasteiger partial charge in [0.1, 0.15) is 0 Å². The fraction of sp³-hybridized carbons (Fsp3) is 0.0909. The molecule has 0 aliphatic heterocycles. The van der Waals surface area contributed by atoms with Gasteiger partial charge in [-0.1, -0.05) is 0 Å². The second-order valence-electron chi connectivity index (χ2n) is 3.37. The third-order valence-corrected chi connectivity index (χ3v) is 2.11. The molecule has 9 heteroatoms. The molecule has 0 aliphatic carbocycles. The minimum Gasteiger partial charge on any atom is -0.478 e. The van der Waals surface area contributed by atoms with Crippen LogP contribution in [0.3, 0.4) is 0 Å². The summed E-state index contributed by atoms with van der Waals surface area (Å²) in [6, 6.07) is 1.53. The van der Waals surface area contributed by atoms with E-state index in [0.717, 1.165) is 18.2 Å². The fourth-order valence-electron chi connectivity index (χ4n) is 1.34. The predicted octanol–water partition coefficient (Wildman–Crippen LogP) is 2.11. The van der Waals surface area contributed by atoms with Gasteiger partial charge in [-0.3, -0.25) is 14.9 Å². The molecule has 7 nitrogen and oxygen atoms in total. The van der Waals surface area contributed by atoms with Crippen LogP contribution in [0.1, 0.15) is 15.9 Å². The van der Waals surface area contributed by atoms with Crippen molar-refractivity contribution in [2.45, 2.75) is 6.61 Å². The Hall–Kier alpha value is -2.84. The van der Waals surface area contributed by atoms with Gasteiger partial charge in [-0.15, -0.1) is 0 Å². The summed E-state index contributed by atoms with van der Waals surface area (Å²) in [6.07, 6.45) is 1.83. The Bertz CT molecular complexity index is 585. The van der Waals surface area contributed by atoms with Crippen molar-refractivity contribution in [3.8, 4) is 5.75 Å². The van der Waals surface area contributed by atoms with Crippen LogP contribution < -0.4 is 4.74 Å². The number of nitro groups is 1. The molecule has 0 fully saturated rings. The summed E-state index contributed by atoms with van der Waals surface area (Å²) < 4.78 is 28.2. The van der Waals surface area contributed by atoms with Gasteiger partial charge in [0.15, 0.2) is 6.29 Å². The Labute approximate surface area is 110 Å². The molecule has 106 valence electrons. The lowest BCUT2D eigenvalue weighted by molar-refractivity contribution is -0.386. The predicted molar refractivity (Wildman–Crippen MR) is 61.8 cm³/mol. The number of nitro benzene ring substituents is 1. The highest BCUT2D eigenvalue weighted by Crippen LogP contribution is 2.32. The monoisotopic (exact) mass is 287 g/mol. The summed E-state index contributed by atoms with van der Waals surface area (Å²) in [7, 11) is 0. The number of rotatable bonds is 6. The molecule has 1 rings (SSSR count). The number of aldehydes is 1. The maximum atomic E-state index is 12.1. The van der Waals surface area contributed by atoms with Crippen molar-refractivity contribution in [2.75, 3.05) is 0 Å². The van der Waals surface area contributed by atoms with Gasteiger partial charge >= 0.3 is 18.3 Å². The molecule has 0 unspecified atom stereocenters. The highest BCUT2D eigenvalue weighted by molar-refractivity contribution is 5.90. The van der Waals surface area contributed by atoms with Crippen LogP contribution in [0.4, 0.5) is 14.5 Å². The molecule has 0 saturated carbocycles. The van der Waals surface area contributed by atoms with Gasteiger partial charge in [0.2, 0.25) is 5.75 Å². The molecule has 0 radical (unpaired) electrons. The summed E-state index contributed by atoms with van der Waals surface area (Å²) in [6.45, 7) is -3.30. The zero-order valence-electron chi connectivity index (χ0n) is 9.66. The normalized spacial score (nSPS) is 10.8. The van der Waals surface area contributed by atoms with Crippen LogP contribution in [-0.2, 0) is 4.79 Å². The van der Waals surface area contributed by atoms with Crippen molar-refractivity contribution < 1.29 is 33.1 Å². The zero-order chi connectivity index (χ0) is 15.3. The molecule has 20 heavy (non-hydrogen) atoms. The number of aliphatic carboxylic acids is 1. The number of halogens is 2. The first-order valence-electron chi connectivity index (χ1n) is 4.98. The van der Waals surface area contributed by atoms with E-state index >= 15 is 0 Å². The van der Waals surface area contributed by atoms with Gasteiger partial charge in [-0.25, -0.2) is 4.79 Å². The minimum atomic E-state index is -3.30. The number of hydrogen-bond acceptors (Lipinski definition) is 5. The van der Waals surface area contributed by atoms with E-state index in [1.165, 1.54) is 0 Å². The van der Waals surface area contributed by atoms with Crippen molar-refractivity contribution in [3.63, 3.8) is 0 Å². The van der Waals surface area contributed by atoms with Crippen LogP contribution in [0.2, 0.25) is 0 Å². The summed E-state index contributed by atoms with van der Waals surface area (Å²) in [4.78, 5) is 30.9. The van der Waals surface area contributed by atoms with E-state index in [-0.39, 0.29) is 17.4 Å². The Balaban J connectivity index is 3.40. The lowest BCUT2D eigenvalue weighted by Crippen LogP contribution is -2.06. The van der Waals surface area contributed by atoms with Crippen LogP contribution in [0.15, 0.2) is 18.2 Å². The van der Waals surface area contributed by atoms with Gasteiger partial charge in [0.25, 0.3) is 0 Å². The number of nitrogens with zero attached hydrogens (tertiary/aromatic N) is 1. The van der Waals surface area contributed by atoms with E-state index in [0.29, 0.717) is 6.08 Å². The van der Waals surface area contributed by atoms with E-state index in [1.807, 2.05) is 0 Å². The molecular formula is C11H7F2NO6. The maximum absolute atomic E-state index is 12.1. The van der Waals surface area contributed by atoms with Gasteiger partial charge in [-0.05, 0) is 17.7 Å². The molecule has 0 heterocycles. The van der Waals surface area contributed by atoms with Gasteiger partial charge < -0.3 is 9.84 Å². The van der Waals surface area contributed by atoms with E-state index in [9.17, 15) is 28.5 Å². The number of carboxylic acid groups (broad SMARTS) is 1. The van der Waals surface area contributed by atoms with Crippen molar-refractivity contribution in [1.82, 2.24) is 0 Å². The molecule has 0 spiro atoms. The van der Waals surface area contributed by atoms with Crippen LogP contribution in [-0.4, -0.2) is 28.9 Å². The highest BCUT2D eigenvalue weighted by atomic mass is 19.3. The summed E-state index contributed by atoms with van der Waals surface area (Å²) in [5, 5.41) is 19.2. The summed E-state index contributed by atoms with van der Waals surface area (Å²) in [5.74, 6) is -2.11. The lowest BCUT2D eigenvalue weighted by Gasteiger charge is -2.07. The Morgan fingerprint density at radius 3 is 2.50 bits per heavy atom. The standard InChI is InChI=1S/C11H7F2NO6/c12-11(13)20-9-4-7(5-15)6(1-2-10(16)17)3-8(9)14(18)19/h1-5,11H,(H,16,17)/b2-1+. The molecule has 1 N–H and O–H groups in total. The van der Waals surface area contributed by atoms with Crippen molar-refractivity contribution in [2.24, 2.45) is 0 Å². The molecule has 1 aromatic carbocycles. The number of alkyl halides is 2. The molecule has 0 bridgehead atoms. The second-order valence-corrected chi connectivity index (χ2v) is 3.37.